The van der Waals surface area contributed by atoms with Crippen LogP contribution < -0.4 is 5.19 Å². The lowest BCUT2D eigenvalue weighted by Gasteiger charge is -2.19. The molecule has 0 bridgehead atoms. The second kappa shape index (κ2) is 4.43. The normalized spacial score (nSPS) is 10.7. The summed E-state index contributed by atoms with van der Waals surface area (Å²) in [6, 6.07) is 4.67. The first-order valence-electron chi connectivity index (χ1n) is 4.82. The van der Waals surface area contributed by atoms with Crippen molar-refractivity contribution < 1.29 is 14.7 Å². The molecule has 0 atom stereocenters. The standard InChI is InChI=1S/C11H13NO3Si/c1-16(2,3)10-6-8(12-7-13)4-5-9(10)11(14)15/h4-6H,1-3H3,(H,14,15). The number of hydrogen-bond acceptors (Lipinski definition) is 3. The highest BCUT2D eigenvalue weighted by Crippen LogP contribution is 2.15. The highest BCUT2D eigenvalue weighted by Gasteiger charge is 2.23. The van der Waals surface area contributed by atoms with Crippen molar-refractivity contribution in [1.82, 2.24) is 0 Å². The van der Waals surface area contributed by atoms with Crippen molar-refractivity contribution in [3.63, 3.8) is 0 Å². The molecule has 0 spiro atoms. The molecule has 1 aromatic carbocycles. The Morgan fingerprint density at radius 2 is 2.00 bits per heavy atom. The average Bonchev–Trinajstić information content (AvgIpc) is 2.16. The summed E-state index contributed by atoms with van der Waals surface area (Å²) in [7, 11) is -1.77. The molecule has 0 aromatic heterocycles. The molecule has 1 rings (SSSR count). The fraction of sp³-hybridized carbons (Fsp3) is 0.273. The monoisotopic (exact) mass is 235 g/mol. The highest BCUT2D eigenvalue weighted by molar-refractivity contribution is 6.89. The molecule has 5 heteroatoms. The van der Waals surface area contributed by atoms with E-state index in [1.807, 2.05) is 19.6 Å². The van der Waals surface area contributed by atoms with Crippen LogP contribution in [0.25, 0.3) is 0 Å². The van der Waals surface area contributed by atoms with E-state index in [2.05, 4.69) is 4.99 Å². The van der Waals surface area contributed by atoms with Gasteiger partial charge in [-0.2, -0.15) is 4.99 Å². The first-order chi connectivity index (χ1) is 7.36. The van der Waals surface area contributed by atoms with Crippen molar-refractivity contribution >= 4 is 31.0 Å². The Morgan fingerprint density at radius 3 is 2.44 bits per heavy atom. The minimum atomic E-state index is -1.77. The van der Waals surface area contributed by atoms with Gasteiger partial charge in [0.2, 0.25) is 6.08 Å². The van der Waals surface area contributed by atoms with Crippen LogP contribution in [0.1, 0.15) is 10.4 Å². The van der Waals surface area contributed by atoms with Crippen molar-refractivity contribution in [2.24, 2.45) is 4.99 Å². The molecule has 0 aliphatic carbocycles. The average molecular weight is 235 g/mol. The van der Waals surface area contributed by atoms with Crippen molar-refractivity contribution in [2.45, 2.75) is 19.6 Å². The molecule has 0 saturated heterocycles. The van der Waals surface area contributed by atoms with Crippen LogP contribution in [0, 0.1) is 0 Å². The topological polar surface area (TPSA) is 66.7 Å². The third kappa shape index (κ3) is 2.65. The number of isocyanates is 1. The predicted molar refractivity (Wildman–Crippen MR) is 64.2 cm³/mol. The van der Waals surface area contributed by atoms with E-state index in [1.165, 1.54) is 18.2 Å². The van der Waals surface area contributed by atoms with E-state index in [1.54, 1.807) is 6.07 Å². The number of carboxylic acids is 1. The molecule has 0 fully saturated rings. The van der Waals surface area contributed by atoms with Gasteiger partial charge in [0.1, 0.15) is 0 Å². The Morgan fingerprint density at radius 1 is 1.38 bits per heavy atom. The third-order valence-corrected chi connectivity index (χ3v) is 4.25. The van der Waals surface area contributed by atoms with Crippen LogP contribution in [0.2, 0.25) is 19.6 Å². The van der Waals surface area contributed by atoms with Gasteiger partial charge in [-0.1, -0.05) is 19.6 Å². The zero-order chi connectivity index (χ0) is 12.3. The summed E-state index contributed by atoms with van der Waals surface area (Å²) in [5, 5.41) is 9.85. The van der Waals surface area contributed by atoms with Gasteiger partial charge in [0.15, 0.2) is 0 Å². The van der Waals surface area contributed by atoms with Crippen LogP contribution in [0.5, 0.6) is 0 Å². The minimum absolute atomic E-state index is 0.295. The van der Waals surface area contributed by atoms with Gasteiger partial charge in [0.05, 0.1) is 19.3 Å². The summed E-state index contributed by atoms with van der Waals surface area (Å²) in [6.07, 6.45) is 1.45. The molecular weight excluding hydrogens is 222 g/mol. The summed E-state index contributed by atoms with van der Waals surface area (Å²) in [4.78, 5) is 24.7. The van der Waals surface area contributed by atoms with Crippen molar-refractivity contribution in [2.75, 3.05) is 0 Å². The Bertz CT molecular complexity index is 471. The smallest absolute Gasteiger partial charge is 0.335 e. The number of benzene rings is 1. The van der Waals surface area contributed by atoms with Gasteiger partial charge in [0, 0.05) is 0 Å². The molecule has 0 saturated carbocycles. The number of nitrogens with zero attached hydrogens (tertiary/aromatic N) is 1. The quantitative estimate of drug-likeness (QED) is 0.494. The zero-order valence-corrected chi connectivity index (χ0v) is 10.4. The van der Waals surface area contributed by atoms with Crippen LogP contribution in [0.4, 0.5) is 5.69 Å². The second-order valence-electron chi connectivity index (χ2n) is 4.49. The highest BCUT2D eigenvalue weighted by atomic mass is 28.3. The molecule has 84 valence electrons. The van der Waals surface area contributed by atoms with Gasteiger partial charge in [-0.25, -0.2) is 9.59 Å². The van der Waals surface area contributed by atoms with E-state index in [-0.39, 0.29) is 0 Å². The summed E-state index contributed by atoms with van der Waals surface area (Å²) >= 11 is 0. The lowest BCUT2D eigenvalue weighted by Crippen LogP contribution is -2.41. The van der Waals surface area contributed by atoms with Gasteiger partial charge in [-0.05, 0) is 23.4 Å². The van der Waals surface area contributed by atoms with E-state index in [9.17, 15) is 9.59 Å². The van der Waals surface area contributed by atoms with E-state index in [0.717, 1.165) is 5.19 Å². The molecule has 0 amide bonds. The summed E-state index contributed by atoms with van der Waals surface area (Å²) in [5.41, 5.74) is 0.751. The maximum atomic E-state index is 11.1. The molecule has 0 aliphatic rings. The van der Waals surface area contributed by atoms with E-state index in [4.69, 9.17) is 5.11 Å². The fourth-order valence-electron chi connectivity index (χ4n) is 1.46. The van der Waals surface area contributed by atoms with Gasteiger partial charge in [-0.15, -0.1) is 0 Å². The molecule has 1 N–H and O–H groups in total. The Kier molecular flexibility index (Phi) is 3.42. The lowest BCUT2D eigenvalue weighted by molar-refractivity contribution is 0.0698. The van der Waals surface area contributed by atoms with Crippen molar-refractivity contribution in [1.29, 1.82) is 0 Å². The molecule has 0 aliphatic heterocycles. The lowest BCUT2D eigenvalue weighted by atomic mass is 10.2. The van der Waals surface area contributed by atoms with Gasteiger partial charge in [0.25, 0.3) is 0 Å². The zero-order valence-electron chi connectivity index (χ0n) is 9.44. The molecule has 1 aromatic rings. The summed E-state index contributed by atoms with van der Waals surface area (Å²) in [5.74, 6) is -0.945. The van der Waals surface area contributed by atoms with Crippen LogP contribution in [0.15, 0.2) is 23.2 Å². The Balaban J connectivity index is 3.44. The number of aliphatic imine (C=N–C) groups is 1. The molecule has 0 heterocycles. The first kappa shape index (κ1) is 12.4. The van der Waals surface area contributed by atoms with Crippen molar-refractivity contribution in [3.05, 3.63) is 23.8 Å². The van der Waals surface area contributed by atoms with Crippen LogP contribution in [-0.2, 0) is 4.79 Å². The Hall–Kier alpha value is -1.71. The molecule has 0 radical (unpaired) electrons. The fourth-order valence-corrected chi connectivity index (χ4v) is 3.04. The largest absolute Gasteiger partial charge is 0.478 e. The van der Waals surface area contributed by atoms with E-state index in [0.29, 0.717) is 11.3 Å². The van der Waals surface area contributed by atoms with Crippen LogP contribution in [0.3, 0.4) is 0 Å². The van der Waals surface area contributed by atoms with E-state index >= 15 is 0 Å². The number of hydrogen-bond donors (Lipinski definition) is 1. The SMILES string of the molecule is C[Si](C)(C)c1cc(N=C=O)ccc1C(=O)O. The van der Waals surface area contributed by atoms with Gasteiger partial charge < -0.3 is 5.11 Å². The van der Waals surface area contributed by atoms with Crippen LogP contribution >= 0.6 is 0 Å². The van der Waals surface area contributed by atoms with Crippen LogP contribution in [-0.4, -0.2) is 25.2 Å². The van der Waals surface area contributed by atoms with Crippen molar-refractivity contribution in [3.8, 4) is 0 Å². The van der Waals surface area contributed by atoms with Gasteiger partial charge in [-0.3, -0.25) is 0 Å². The maximum Gasteiger partial charge on any atom is 0.335 e. The number of carboxylic acid groups (broad SMARTS) is 1. The maximum absolute atomic E-state index is 11.1. The minimum Gasteiger partial charge on any atom is -0.478 e. The molecule has 4 nitrogen and oxygen atoms in total. The molecule has 0 unspecified atom stereocenters. The molecule has 16 heavy (non-hydrogen) atoms. The Labute approximate surface area is 94.6 Å². The predicted octanol–water partition coefficient (Wildman–Crippen LogP) is 1.90. The third-order valence-electron chi connectivity index (χ3n) is 2.22. The number of aromatic carboxylic acids is 1. The second-order valence-corrected chi connectivity index (χ2v) is 9.53. The molecular formula is C11H13NO3Si. The number of rotatable bonds is 3. The summed E-state index contributed by atoms with van der Waals surface area (Å²) < 4.78 is 0. The van der Waals surface area contributed by atoms with E-state index < -0.39 is 14.0 Å². The summed E-state index contributed by atoms with van der Waals surface area (Å²) in [6.45, 7) is 6.13. The van der Waals surface area contributed by atoms with Gasteiger partial charge >= 0.3 is 5.97 Å². The first-order valence-corrected chi connectivity index (χ1v) is 8.32. The number of carbonyl (C=O) groups is 1. The number of carbonyl (C=O) groups excluding carboxylic acids is 1.